The number of hydrogen-bond acceptors (Lipinski definition) is 3. The standard InChI is InChI=1S/C3H7NO3.2Na.2H/c4-2(1-5)3(6)7;;;;/h2,5H,1,4H2,(H,6,7);;;;/q;2*+1;2*-1/t2-;;;;/m0..../s1. The van der Waals surface area contributed by atoms with Crippen molar-refractivity contribution in [2.75, 3.05) is 6.61 Å². The summed E-state index contributed by atoms with van der Waals surface area (Å²) in [6, 6.07) is -1.13. The zero-order valence-electron chi connectivity index (χ0n) is 7.66. The van der Waals surface area contributed by atoms with Gasteiger partial charge in [0.15, 0.2) is 0 Å². The van der Waals surface area contributed by atoms with Crippen LogP contribution in [0.2, 0.25) is 0 Å². The van der Waals surface area contributed by atoms with E-state index in [2.05, 4.69) is 0 Å². The predicted molar refractivity (Wildman–Crippen MR) is 24.9 cm³/mol. The normalized spacial score (nSPS) is 10.4. The van der Waals surface area contributed by atoms with Crippen LogP contribution in [-0.2, 0) is 4.79 Å². The molecule has 6 heteroatoms. The first kappa shape index (κ1) is 16.8. The molecule has 0 radical (unpaired) electrons. The number of carboxylic acids is 1. The van der Waals surface area contributed by atoms with Gasteiger partial charge in [-0.15, -0.1) is 0 Å². The van der Waals surface area contributed by atoms with Crippen LogP contribution in [0.25, 0.3) is 0 Å². The van der Waals surface area contributed by atoms with E-state index in [1.807, 2.05) is 0 Å². The summed E-state index contributed by atoms with van der Waals surface area (Å²) in [6.07, 6.45) is 0. The molecule has 0 unspecified atom stereocenters. The van der Waals surface area contributed by atoms with Crippen LogP contribution in [0, 0.1) is 0 Å². The van der Waals surface area contributed by atoms with Crippen molar-refractivity contribution in [2.24, 2.45) is 5.73 Å². The van der Waals surface area contributed by atoms with E-state index >= 15 is 0 Å². The third-order valence-electron chi connectivity index (χ3n) is 0.514. The van der Waals surface area contributed by atoms with Gasteiger partial charge in [0.25, 0.3) is 0 Å². The third-order valence-corrected chi connectivity index (χ3v) is 0.514. The molecule has 9 heavy (non-hydrogen) atoms. The van der Waals surface area contributed by atoms with Crippen LogP contribution < -0.4 is 64.8 Å². The van der Waals surface area contributed by atoms with Crippen molar-refractivity contribution in [1.82, 2.24) is 0 Å². The van der Waals surface area contributed by atoms with E-state index in [9.17, 15) is 4.79 Å². The summed E-state index contributed by atoms with van der Waals surface area (Å²) in [5, 5.41) is 15.9. The van der Waals surface area contributed by atoms with E-state index in [0.29, 0.717) is 0 Å². The number of rotatable bonds is 2. The molecule has 0 aliphatic carbocycles. The van der Waals surface area contributed by atoms with Gasteiger partial charge in [-0.1, -0.05) is 0 Å². The van der Waals surface area contributed by atoms with Crippen LogP contribution in [0.15, 0.2) is 0 Å². The molecule has 4 nitrogen and oxygen atoms in total. The summed E-state index contributed by atoms with van der Waals surface area (Å²) in [6.45, 7) is -0.505. The Kier molecular flexibility index (Phi) is 17.5. The quantitative estimate of drug-likeness (QED) is 0.344. The number of aliphatic carboxylic acids is 1. The van der Waals surface area contributed by atoms with Gasteiger partial charge in [0, 0.05) is 0 Å². The minimum absolute atomic E-state index is 0. The summed E-state index contributed by atoms with van der Waals surface area (Å²) >= 11 is 0. The van der Waals surface area contributed by atoms with Crippen molar-refractivity contribution >= 4 is 5.97 Å². The first-order valence-corrected chi connectivity index (χ1v) is 1.77. The van der Waals surface area contributed by atoms with Crippen molar-refractivity contribution in [3.05, 3.63) is 0 Å². The maximum Gasteiger partial charge on any atom is 1.00 e. The van der Waals surface area contributed by atoms with Crippen LogP contribution in [0.1, 0.15) is 2.85 Å². The van der Waals surface area contributed by atoms with Gasteiger partial charge in [0.2, 0.25) is 0 Å². The van der Waals surface area contributed by atoms with Gasteiger partial charge in [-0.3, -0.25) is 4.79 Å². The monoisotopic (exact) mass is 153 g/mol. The van der Waals surface area contributed by atoms with Crippen molar-refractivity contribution in [3.8, 4) is 0 Å². The Morgan fingerprint density at radius 1 is 1.67 bits per heavy atom. The summed E-state index contributed by atoms with van der Waals surface area (Å²) < 4.78 is 0. The molecule has 0 saturated carbocycles. The molecule has 0 aliphatic heterocycles. The Morgan fingerprint density at radius 3 is 2.00 bits per heavy atom. The molecule has 0 saturated heterocycles. The number of aliphatic hydroxyl groups excluding tert-OH is 1. The van der Waals surface area contributed by atoms with Gasteiger partial charge in [0.05, 0.1) is 6.61 Å². The summed E-state index contributed by atoms with van der Waals surface area (Å²) in [7, 11) is 0. The van der Waals surface area contributed by atoms with Gasteiger partial charge < -0.3 is 18.8 Å². The van der Waals surface area contributed by atoms with Crippen molar-refractivity contribution < 1.29 is 77.0 Å². The molecule has 0 bridgehead atoms. The van der Waals surface area contributed by atoms with Crippen molar-refractivity contribution in [2.45, 2.75) is 6.04 Å². The molecule has 0 amide bonds. The average Bonchev–Trinajstić information content (AvgIpc) is 1.65. The Morgan fingerprint density at radius 2 is 2.00 bits per heavy atom. The van der Waals surface area contributed by atoms with Crippen LogP contribution in [0.5, 0.6) is 0 Å². The number of carboxylic acid groups (broad SMARTS) is 1. The molecule has 0 aromatic heterocycles. The summed E-state index contributed by atoms with van der Waals surface area (Å²) in [4.78, 5) is 9.65. The third kappa shape index (κ3) is 9.39. The molecule has 0 fully saturated rings. The zero-order chi connectivity index (χ0) is 5.86. The molecule has 46 valence electrons. The van der Waals surface area contributed by atoms with Gasteiger partial charge in [-0.2, -0.15) is 0 Å². The molecular weight excluding hydrogens is 144 g/mol. The number of carbonyl (C=O) groups is 1. The molecule has 0 rings (SSSR count). The van der Waals surface area contributed by atoms with Crippen molar-refractivity contribution in [3.63, 3.8) is 0 Å². The predicted octanol–water partition coefficient (Wildman–Crippen LogP) is -7.38. The molecule has 0 aromatic rings. The van der Waals surface area contributed by atoms with Gasteiger partial charge in [-0.05, 0) is 0 Å². The van der Waals surface area contributed by atoms with Crippen LogP contribution >= 0.6 is 0 Å². The van der Waals surface area contributed by atoms with Crippen LogP contribution in [0.3, 0.4) is 0 Å². The first-order chi connectivity index (χ1) is 3.18. The van der Waals surface area contributed by atoms with E-state index in [1.54, 1.807) is 0 Å². The fourth-order valence-electron chi connectivity index (χ4n) is 0.0781. The molecule has 0 aromatic carbocycles. The van der Waals surface area contributed by atoms with Crippen molar-refractivity contribution in [1.29, 1.82) is 0 Å². The van der Waals surface area contributed by atoms with E-state index in [4.69, 9.17) is 15.9 Å². The summed E-state index contributed by atoms with van der Waals surface area (Å²) in [5.41, 5.74) is 4.77. The molecular formula is C3H9NNa2O3. The molecule has 0 aliphatic rings. The minimum atomic E-state index is -1.18. The molecule has 1 atom stereocenters. The Bertz CT molecular complexity index is 87.0. The van der Waals surface area contributed by atoms with E-state index < -0.39 is 18.6 Å². The Labute approximate surface area is 100 Å². The maximum atomic E-state index is 9.65. The van der Waals surface area contributed by atoms with E-state index in [-0.39, 0.29) is 62.0 Å². The fraction of sp³-hybridized carbons (Fsp3) is 0.667. The number of nitrogens with two attached hydrogens (primary N) is 1. The second kappa shape index (κ2) is 9.39. The van der Waals surface area contributed by atoms with Crippen LogP contribution in [0.4, 0.5) is 0 Å². The average molecular weight is 153 g/mol. The topological polar surface area (TPSA) is 83.5 Å². The zero-order valence-corrected chi connectivity index (χ0v) is 9.66. The summed E-state index contributed by atoms with van der Waals surface area (Å²) in [5.74, 6) is -1.18. The second-order valence-electron chi connectivity index (χ2n) is 1.13. The molecule has 0 spiro atoms. The first-order valence-electron chi connectivity index (χ1n) is 1.77. The molecule has 0 heterocycles. The van der Waals surface area contributed by atoms with Gasteiger partial charge in [-0.25, -0.2) is 0 Å². The second-order valence-corrected chi connectivity index (χ2v) is 1.13. The van der Waals surface area contributed by atoms with Crippen LogP contribution in [-0.4, -0.2) is 28.8 Å². The largest absolute Gasteiger partial charge is 1.00 e. The minimum Gasteiger partial charge on any atom is -1.00 e. The SMILES string of the molecule is N[C@@H](CO)C(=O)O.[H-].[H-].[Na+].[Na+]. The molecule has 4 N–H and O–H groups in total. The van der Waals surface area contributed by atoms with E-state index in [0.717, 1.165) is 0 Å². The fourth-order valence-corrected chi connectivity index (χ4v) is 0.0781. The smallest absolute Gasteiger partial charge is 1.00 e. The van der Waals surface area contributed by atoms with Gasteiger partial charge >= 0.3 is 65.1 Å². The van der Waals surface area contributed by atoms with E-state index in [1.165, 1.54) is 0 Å². The Hall–Kier alpha value is 1.39. The number of hydrogen-bond donors (Lipinski definition) is 3. The maximum absolute atomic E-state index is 9.65. The Balaban J connectivity index is -0.0000000300. The van der Waals surface area contributed by atoms with Gasteiger partial charge in [0.1, 0.15) is 6.04 Å². The number of aliphatic hydroxyl groups is 1.